The third kappa shape index (κ3) is 2.97. The van der Waals surface area contributed by atoms with Crippen LogP contribution in [0, 0.1) is 0 Å². The lowest BCUT2D eigenvalue weighted by Crippen LogP contribution is -1.94. The van der Waals surface area contributed by atoms with Crippen LogP contribution in [0.25, 0.3) is 0 Å². The summed E-state index contributed by atoms with van der Waals surface area (Å²) in [7, 11) is 1.63. The first kappa shape index (κ1) is 12.4. The Kier molecular flexibility index (Phi) is 3.77. The van der Waals surface area contributed by atoms with Crippen molar-refractivity contribution in [1.29, 1.82) is 0 Å². The van der Waals surface area contributed by atoms with E-state index in [0.29, 0.717) is 24.5 Å². The molecule has 0 bridgehead atoms. The Hall–Kier alpha value is -2.10. The summed E-state index contributed by atoms with van der Waals surface area (Å²) in [6.45, 7) is 1.53. The van der Waals surface area contributed by atoms with E-state index in [1.54, 1.807) is 13.3 Å². The van der Waals surface area contributed by atoms with E-state index in [0.717, 1.165) is 11.3 Å². The molecule has 0 radical (unpaired) electrons. The van der Waals surface area contributed by atoms with E-state index in [4.69, 9.17) is 9.15 Å². The minimum absolute atomic E-state index is 0.0648. The van der Waals surface area contributed by atoms with Crippen LogP contribution in [0.3, 0.4) is 0 Å². The number of rotatable bonds is 5. The van der Waals surface area contributed by atoms with Crippen molar-refractivity contribution in [3.63, 3.8) is 0 Å². The fourth-order valence-corrected chi connectivity index (χ4v) is 1.77. The minimum atomic E-state index is 0.0648. The van der Waals surface area contributed by atoms with Crippen molar-refractivity contribution in [2.75, 3.05) is 7.11 Å². The summed E-state index contributed by atoms with van der Waals surface area (Å²) in [5.41, 5.74) is 1.01. The van der Waals surface area contributed by atoms with Gasteiger partial charge >= 0.3 is 0 Å². The second kappa shape index (κ2) is 5.49. The Labute approximate surface area is 106 Å². The van der Waals surface area contributed by atoms with Gasteiger partial charge in [-0.05, 0) is 13.0 Å². The second-order valence-corrected chi connectivity index (χ2v) is 4.09. The smallest absolute Gasteiger partial charge is 0.198 e. The van der Waals surface area contributed by atoms with Gasteiger partial charge in [0.25, 0.3) is 0 Å². The fourth-order valence-electron chi connectivity index (χ4n) is 1.77. The maximum atomic E-state index is 11.0. The summed E-state index contributed by atoms with van der Waals surface area (Å²) in [6, 6.07) is 7.72. The summed E-state index contributed by atoms with van der Waals surface area (Å²) in [5.74, 6) is 2.07. The van der Waals surface area contributed by atoms with E-state index in [1.807, 2.05) is 24.3 Å². The first-order valence-electron chi connectivity index (χ1n) is 5.74. The van der Waals surface area contributed by atoms with Crippen molar-refractivity contribution < 1.29 is 13.9 Å². The molecule has 0 aliphatic carbocycles. The Morgan fingerprint density at radius 1 is 1.39 bits per heavy atom. The average Bonchev–Trinajstić information content (AvgIpc) is 2.76. The van der Waals surface area contributed by atoms with Crippen molar-refractivity contribution in [1.82, 2.24) is 4.98 Å². The molecule has 0 spiro atoms. The maximum absolute atomic E-state index is 11.0. The van der Waals surface area contributed by atoms with Gasteiger partial charge in [0.2, 0.25) is 0 Å². The van der Waals surface area contributed by atoms with Crippen LogP contribution in [-0.2, 0) is 17.6 Å². The Morgan fingerprint density at radius 2 is 2.17 bits per heavy atom. The van der Waals surface area contributed by atoms with Gasteiger partial charge in [-0.25, -0.2) is 4.98 Å². The van der Waals surface area contributed by atoms with Gasteiger partial charge in [0, 0.05) is 5.56 Å². The number of nitrogens with zero attached hydrogens (tertiary/aromatic N) is 1. The van der Waals surface area contributed by atoms with E-state index >= 15 is 0 Å². The zero-order valence-electron chi connectivity index (χ0n) is 10.5. The van der Waals surface area contributed by atoms with Gasteiger partial charge in [-0.1, -0.05) is 18.2 Å². The van der Waals surface area contributed by atoms with Crippen LogP contribution in [0.4, 0.5) is 0 Å². The number of benzene rings is 1. The number of hydrogen-bond acceptors (Lipinski definition) is 4. The molecule has 0 aliphatic heterocycles. The van der Waals surface area contributed by atoms with Crippen LogP contribution < -0.4 is 4.74 Å². The zero-order chi connectivity index (χ0) is 13.0. The van der Waals surface area contributed by atoms with Crippen LogP contribution in [0.1, 0.15) is 24.1 Å². The van der Waals surface area contributed by atoms with Crippen molar-refractivity contribution in [2.24, 2.45) is 0 Å². The molecule has 4 nitrogen and oxygen atoms in total. The molecule has 0 aliphatic rings. The number of para-hydroxylation sites is 1. The normalized spacial score (nSPS) is 10.3. The highest BCUT2D eigenvalue weighted by atomic mass is 16.5. The lowest BCUT2D eigenvalue weighted by atomic mass is 10.1. The van der Waals surface area contributed by atoms with Crippen molar-refractivity contribution in [3.05, 3.63) is 47.7 Å². The summed E-state index contributed by atoms with van der Waals surface area (Å²) < 4.78 is 10.8. The highest BCUT2D eigenvalue weighted by Gasteiger charge is 2.09. The van der Waals surface area contributed by atoms with E-state index in [1.165, 1.54) is 6.92 Å². The SMILES string of the molecule is COc1ccccc1Cc1ncc(CC(C)=O)o1. The Balaban J connectivity index is 2.13. The van der Waals surface area contributed by atoms with Crippen LogP contribution in [0.15, 0.2) is 34.9 Å². The predicted molar refractivity (Wildman–Crippen MR) is 66.7 cm³/mol. The molecule has 0 saturated carbocycles. The van der Waals surface area contributed by atoms with Crippen LogP contribution >= 0.6 is 0 Å². The van der Waals surface area contributed by atoms with Gasteiger partial charge in [-0.2, -0.15) is 0 Å². The van der Waals surface area contributed by atoms with Crippen molar-refractivity contribution in [2.45, 2.75) is 19.8 Å². The quantitative estimate of drug-likeness (QED) is 0.811. The van der Waals surface area contributed by atoms with Crippen LogP contribution in [0.2, 0.25) is 0 Å². The summed E-state index contributed by atoms with van der Waals surface area (Å²) >= 11 is 0. The zero-order valence-corrected chi connectivity index (χ0v) is 10.5. The number of ether oxygens (including phenoxy) is 1. The fraction of sp³-hybridized carbons (Fsp3) is 0.286. The number of oxazole rings is 1. The first-order chi connectivity index (χ1) is 8.69. The van der Waals surface area contributed by atoms with Gasteiger partial charge in [-0.3, -0.25) is 4.79 Å². The summed E-state index contributed by atoms with van der Waals surface area (Å²) in [5, 5.41) is 0. The molecule has 1 aromatic carbocycles. The molecule has 18 heavy (non-hydrogen) atoms. The monoisotopic (exact) mass is 245 g/mol. The molecule has 0 N–H and O–H groups in total. The highest BCUT2D eigenvalue weighted by Crippen LogP contribution is 2.20. The van der Waals surface area contributed by atoms with E-state index in [-0.39, 0.29) is 5.78 Å². The Morgan fingerprint density at radius 3 is 2.89 bits per heavy atom. The molecule has 94 valence electrons. The number of carbonyl (C=O) groups excluding carboxylic acids is 1. The predicted octanol–water partition coefficient (Wildman–Crippen LogP) is 2.41. The number of ketones is 1. The number of hydrogen-bond donors (Lipinski definition) is 0. The molecule has 4 heteroatoms. The molecule has 1 heterocycles. The molecule has 1 aromatic heterocycles. The van der Waals surface area contributed by atoms with Gasteiger partial charge in [0.1, 0.15) is 17.3 Å². The number of methoxy groups -OCH3 is 1. The van der Waals surface area contributed by atoms with Crippen molar-refractivity contribution in [3.8, 4) is 5.75 Å². The third-order valence-electron chi connectivity index (χ3n) is 2.56. The average molecular weight is 245 g/mol. The standard InChI is InChI=1S/C14H15NO3/c1-10(16)7-12-9-15-14(18-12)8-11-5-3-4-6-13(11)17-2/h3-6,9H,7-8H2,1-2H3. The van der Waals surface area contributed by atoms with Gasteiger partial charge in [0.15, 0.2) is 5.89 Å². The Bertz CT molecular complexity index is 545. The molecule has 0 unspecified atom stereocenters. The van der Waals surface area contributed by atoms with E-state index in [9.17, 15) is 4.79 Å². The van der Waals surface area contributed by atoms with Gasteiger partial charge in [0.05, 0.1) is 26.1 Å². The van der Waals surface area contributed by atoms with Crippen molar-refractivity contribution >= 4 is 5.78 Å². The summed E-state index contributed by atoms with van der Waals surface area (Å²) in [4.78, 5) is 15.1. The second-order valence-electron chi connectivity index (χ2n) is 4.09. The minimum Gasteiger partial charge on any atom is -0.496 e. The molecular weight excluding hydrogens is 230 g/mol. The van der Waals surface area contributed by atoms with Crippen LogP contribution in [-0.4, -0.2) is 17.9 Å². The topological polar surface area (TPSA) is 52.3 Å². The first-order valence-corrected chi connectivity index (χ1v) is 5.74. The largest absolute Gasteiger partial charge is 0.496 e. The lowest BCUT2D eigenvalue weighted by Gasteiger charge is -2.05. The molecule has 0 saturated heterocycles. The highest BCUT2D eigenvalue weighted by molar-refractivity contribution is 5.77. The van der Waals surface area contributed by atoms with Gasteiger partial charge < -0.3 is 9.15 Å². The molecule has 2 aromatic rings. The molecule has 0 fully saturated rings. The molecule has 2 rings (SSSR count). The van der Waals surface area contributed by atoms with Crippen LogP contribution in [0.5, 0.6) is 5.75 Å². The molecule has 0 amide bonds. The van der Waals surface area contributed by atoms with E-state index in [2.05, 4.69) is 4.98 Å². The third-order valence-corrected chi connectivity index (χ3v) is 2.56. The van der Waals surface area contributed by atoms with E-state index < -0.39 is 0 Å². The summed E-state index contributed by atoms with van der Waals surface area (Å²) in [6.07, 6.45) is 2.45. The molecule has 0 atom stereocenters. The molecular formula is C14H15NO3. The maximum Gasteiger partial charge on any atom is 0.198 e. The number of aromatic nitrogens is 1. The number of Topliss-reactive ketones (excluding diaryl/α,β-unsaturated/α-hetero) is 1. The number of carbonyl (C=O) groups is 1. The lowest BCUT2D eigenvalue weighted by molar-refractivity contribution is -0.116. The van der Waals surface area contributed by atoms with Gasteiger partial charge in [-0.15, -0.1) is 0 Å².